The normalized spacial score (nSPS) is 28.1. The summed E-state index contributed by atoms with van der Waals surface area (Å²) in [6.07, 6.45) is 3.42. The highest BCUT2D eigenvalue weighted by atomic mass is 35.5. The molecule has 1 amide bonds. The van der Waals surface area contributed by atoms with Crippen molar-refractivity contribution in [2.75, 3.05) is 6.54 Å². The van der Waals surface area contributed by atoms with E-state index >= 15 is 0 Å². The first kappa shape index (κ1) is 12.8. The van der Waals surface area contributed by atoms with Crippen LogP contribution in [0, 0.1) is 17.8 Å². The second kappa shape index (κ2) is 5.74. The van der Waals surface area contributed by atoms with Gasteiger partial charge in [-0.3, -0.25) is 4.79 Å². The van der Waals surface area contributed by atoms with Gasteiger partial charge in [0.2, 0.25) is 5.91 Å². The van der Waals surface area contributed by atoms with Crippen molar-refractivity contribution in [1.29, 1.82) is 0 Å². The monoisotopic (exact) mass is 231 g/mol. The maximum Gasteiger partial charge on any atom is 0.223 e. The molecule has 0 bridgehead atoms. The minimum Gasteiger partial charge on any atom is -0.354 e. The second-order valence-corrected chi connectivity index (χ2v) is 5.58. The summed E-state index contributed by atoms with van der Waals surface area (Å²) in [5.74, 6) is 1.37. The third-order valence-corrected chi connectivity index (χ3v) is 4.05. The second-order valence-electron chi connectivity index (χ2n) is 5.02. The number of carbonyl (C=O) groups is 1. The number of hydrogen-bond acceptors (Lipinski definition) is 1. The highest BCUT2D eigenvalue weighted by Crippen LogP contribution is 2.31. The molecule has 3 heteroatoms. The Morgan fingerprint density at radius 1 is 1.47 bits per heavy atom. The third kappa shape index (κ3) is 3.67. The summed E-state index contributed by atoms with van der Waals surface area (Å²) < 4.78 is 0. The lowest BCUT2D eigenvalue weighted by molar-refractivity contribution is -0.125. The first-order valence-corrected chi connectivity index (χ1v) is 6.37. The predicted molar refractivity (Wildman–Crippen MR) is 64.0 cm³/mol. The minimum absolute atomic E-state index is 0.0469. The molecule has 3 unspecified atom stereocenters. The van der Waals surface area contributed by atoms with Crippen LogP contribution < -0.4 is 5.32 Å². The van der Waals surface area contributed by atoms with Crippen LogP contribution in [0.25, 0.3) is 0 Å². The molecule has 15 heavy (non-hydrogen) atoms. The minimum atomic E-state index is 0.0469. The van der Waals surface area contributed by atoms with E-state index in [1.54, 1.807) is 0 Å². The van der Waals surface area contributed by atoms with Crippen molar-refractivity contribution < 1.29 is 4.79 Å². The van der Waals surface area contributed by atoms with Gasteiger partial charge in [-0.1, -0.05) is 27.2 Å². The topological polar surface area (TPSA) is 29.1 Å². The summed E-state index contributed by atoms with van der Waals surface area (Å²) in [6, 6.07) is 0. The van der Waals surface area contributed by atoms with Gasteiger partial charge >= 0.3 is 0 Å². The van der Waals surface area contributed by atoms with Gasteiger partial charge in [-0.2, -0.15) is 0 Å². The molecule has 1 aliphatic carbocycles. The highest BCUT2D eigenvalue weighted by molar-refractivity contribution is 6.21. The number of rotatable bonds is 4. The predicted octanol–water partition coefficient (Wildman–Crippen LogP) is 2.80. The van der Waals surface area contributed by atoms with E-state index in [0.29, 0.717) is 18.4 Å². The van der Waals surface area contributed by atoms with Crippen molar-refractivity contribution >= 4 is 17.5 Å². The summed E-state index contributed by atoms with van der Waals surface area (Å²) >= 11 is 6.09. The molecule has 88 valence electrons. The summed E-state index contributed by atoms with van der Waals surface area (Å²) in [6.45, 7) is 6.91. The maximum atomic E-state index is 11.8. The molecule has 0 aromatic heterocycles. The van der Waals surface area contributed by atoms with Crippen LogP contribution in [-0.4, -0.2) is 17.8 Å². The van der Waals surface area contributed by atoms with Gasteiger partial charge in [0.15, 0.2) is 0 Å². The summed E-state index contributed by atoms with van der Waals surface area (Å²) in [5, 5.41) is 3.01. The fourth-order valence-electron chi connectivity index (χ4n) is 2.10. The number of carbonyl (C=O) groups excluding carboxylic acids is 1. The number of nitrogens with one attached hydrogen (secondary N) is 1. The van der Waals surface area contributed by atoms with Gasteiger partial charge in [0, 0.05) is 12.5 Å². The molecule has 0 saturated heterocycles. The van der Waals surface area contributed by atoms with Crippen LogP contribution in [0.2, 0.25) is 0 Å². The van der Waals surface area contributed by atoms with Crippen LogP contribution in [-0.2, 0) is 4.79 Å². The molecule has 1 N–H and O–H groups in total. The highest BCUT2D eigenvalue weighted by Gasteiger charge is 2.29. The van der Waals surface area contributed by atoms with E-state index < -0.39 is 0 Å². The van der Waals surface area contributed by atoms with Crippen LogP contribution in [0.3, 0.4) is 0 Å². The molecule has 0 spiro atoms. The van der Waals surface area contributed by atoms with Crippen molar-refractivity contribution in [2.45, 2.75) is 45.4 Å². The molecule has 0 aromatic rings. The van der Waals surface area contributed by atoms with Gasteiger partial charge in [0.25, 0.3) is 0 Å². The Balaban J connectivity index is 2.29. The van der Waals surface area contributed by atoms with E-state index in [2.05, 4.69) is 26.1 Å². The number of halogens is 1. The first-order chi connectivity index (χ1) is 7.02. The molecule has 1 rings (SSSR count). The smallest absolute Gasteiger partial charge is 0.223 e. The van der Waals surface area contributed by atoms with Crippen LogP contribution in [0.15, 0.2) is 0 Å². The van der Waals surface area contributed by atoms with Crippen molar-refractivity contribution in [3.8, 4) is 0 Å². The van der Waals surface area contributed by atoms with E-state index in [1.807, 2.05) is 0 Å². The lowest BCUT2D eigenvalue weighted by Gasteiger charge is -2.18. The Kier molecular flexibility index (Phi) is 4.91. The van der Waals surface area contributed by atoms with Crippen LogP contribution >= 0.6 is 11.6 Å². The van der Waals surface area contributed by atoms with Crippen molar-refractivity contribution in [3.05, 3.63) is 0 Å². The molecular formula is C12H22ClNO. The van der Waals surface area contributed by atoms with Crippen molar-refractivity contribution in [3.63, 3.8) is 0 Å². The molecule has 2 nitrogen and oxygen atoms in total. The van der Waals surface area contributed by atoms with Gasteiger partial charge < -0.3 is 5.32 Å². The van der Waals surface area contributed by atoms with E-state index in [4.69, 9.17) is 11.6 Å². The molecule has 3 atom stereocenters. The molecule has 1 aliphatic rings. The maximum absolute atomic E-state index is 11.8. The van der Waals surface area contributed by atoms with E-state index in [0.717, 1.165) is 6.42 Å². The fraction of sp³-hybridized carbons (Fsp3) is 0.917. The summed E-state index contributed by atoms with van der Waals surface area (Å²) in [7, 11) is 0. The van der Waals surface area contributed by atoms with Crippen LogP contribution in [0.4, 0.5) is 0 Å². The average molecular weight is 232 g/mol. The largest absolute Gasteiger partial charge is 0.354 e. The zero-order valence-corrected chi connectivity index (χ0v) is 10.7. The third-order valence-electron chi connectivity index (χ3n) is 3.39. The van der Waals surface area contributed by atoms with Crippen LogP contribution in [0.1, 0.15) is 40.0 Å². The van der Waals surface area contributed by atoms with E-state index in [1.165, 1.54) is 12.8 Å². The van der Waals surface area contributed by atoms with Crippen molar-refractivity contribution in [1.82, 2.24) is 5.32 Å². The Bertz CT molecular complexity index is 218. The number of hydrogen-bond donors (Lipinski definition) is 1. The van der Waals surface area contributed by atoms with Gasteiger partial charge in [0.05, 0.1) is 5.38 Å². The van der Waals surface area contributed by atoms with Gasteiger partial charge in [0.1, 0.15) is 0 Å². The van der Waals surface area contributed by atoms with E-state index in [9.17, 15) is 4.79 Å². The molecule has 0 heterocycles. The summed E-state index contributed by atoms with van der Waals surface area (Å²) in [4.78, 5) is 11.8. The lowest BCUT2D eigenvalue weighted by Crippen LogP contribution is -2.37. The van der Waals surface area contributed by atoms with Gasteiger partial charge in [-0.05, 0) is 24.7 Å². The fourth-order valence-corrected chi connectivity index (χ4v) is 2.18. The lowest BCUT2D eigenvalue weighted by atomic mass is 9.97. The SMILES string of the molecule is CC(C)C(Cl)CNC(=O)C1CCCC1C. The molecule has 0 radical (unpaired) electrons. The number of alkyl halides is 1. The zero-order valence-electron chi connectivity index (χ0n) is 9.92. The standard InChI is InChI=1S/C12H22ClNO/c1-8(2)11(13)7-14-12(15)10-6-4-5-9(10)3/h8-11H,4-7H2,1-3H3,(H,14,15). The molecule has 1 fully saturated rings. The Labute approximate surface area is 97.8 Å². The Morgan fingerprint density at radius 2 is 2.13 bits per heavy atom. The summed E-state index contributed by atoms with van der Waals surface area (Å²) in [5.41, 5.74) is 0. The quantitative estimate of drug-likeness (QED) is 0.741. The molecule has 0 aromatic carbocycles. The van der Waals surface area contributed by atoms with E-state index in [-0.39, 0.29) is 17.2 Å². The number of amides is 1. The Hall–Kier alpha value is -0.240. The Morgan fingerprint density at radius 3 is 2.60 bits per heavy atom. The molecule has 0 aliphatic heterocycles. The van der Waals surface area contributed by atoms with Gasteiger partial charge in [-0.15, -0.1) is 11.6 Å². The zero-order chi connectivity index (χ0) is 11.4. The molecular weight excluding hydrogens is 210 g/mol. The van der Waals surface area contributed by atoms with Crippen LogP contribution in [0.5, 0.6) is 0 Å². The van der Waals surface area contributed by atoms with Crippen molar-refractivity contribution in [2.24, 2.45) is 17.8 Å². The van der Waals surface area contributed by atoms with Gasteiger partial charge in [-0.25, -0.2) is 0 Å². The molecule has 1 saturated carbocycles. The average Bonchev–Trinajstić information content (AvgIpc) is 2.60. The first-order valence-electron chi connectivity index (χ1n) is 5.94.